The molecule has 8 heteroatoms. The maximum absolute atomic E-state index is 12.9. The second kappa shape index (κ2) is 11.3. The van der Waals surface area contributed by atoms with Crippen LogP contribution < -0.4 is 4.74 Å². The highest BCUT2D eigenvalue weighted by atomic mass is 16.5. The first-order valence-electron chi connectivity index (χ1n) is 11.7. The summed E-state index contributed by atoms with van der Waals surface area (Å²) in [6, 6.07) is 17.1. The van der Waals surface area contributed by atoms with E-state index in [0.717, 1.165) is 6.07 Å². The highest BCUT2D eigenvalue weighted by Gasteiger charge is 2.18. The number of benzene rings is 4. The molecule has 0 saturated heterocycles. The summed E-state index contributed by atoms with van der Waals surface area (Å²) in [7, 11) is 1.38. The van der Waals surface area contributed by atoms with Gasteiger partial charge >= 0.3 is 0 Å². The minimum Gasteiger partial charge on any atom is -0.508 e. The highest BCUT2D eigenvalue weighted by Crippen LogP contribution is 2.40. The second-order valence-electron chi connectivity index (χ2n) is 8.53. The SMILES string of the molecule is COc1cc(O)c(C(=O)/C=C/c2ccc(O)cc2)cc1-c1cc(/C=C/C(=O)c2ccc(O)cc2O)ccc1O. The zero-order valence-electron chi connectivity index (χ0n) is 20.7. The Balaban J connectivity index is 1.67. The van der Waals surface area contributed by atoms with Gasteiger partial charge in [0.25, 0.3) is 0 Å². The fraction of sp³-hybridized carbons (Fsp3) is 0.0323. The molecule has 0 aliphatic carbocycles. The first-order valence-corrected chi connectivity index (χ1v) is 11.7. The minimum atomic E-state index is -0.502. The van der Waals surface area contributed by atoms with Crippen LogP contribution in [0.5, 0.6) is 34.5 Å². The predicted octanol–water partition coefficient (Wildman–Crippen LogP) is 5.68. The molecule has 0 heterocycles. The third-order valence-corrected chi connectivity index (χ3v) is 5.89. The molecule has 0 saturated carbocycles. The monoisotopic (exact) mass is 524 g/mol. The van der Waals surface area contributed by atoms with E-state index in [0.29, 0.717) is 16.7 Å². The fourth-order valence-corrected chi connectivity index (χ4v) is 3.86. The summed E-state index contributed by atoms with van der Waals surface area (Å²) in [5.74, 6) is -1.68. The molecule has 4 aromatic rings. The number of phenolic OH excluding ortho intramolecular Hbond substituents is 5. The Hall–Kier alpha value is -5.50. The predicted molar refractivity (Wildman–Crippen MR) is 146 cm³/mol. The molecule has 0 aromatic heterocycles. The van der Waals surface area contributed by atoms with Gasteiger partial charge in [0, 0.05) is 23.3 Å². The first-order chi connectivity index (χ1) is 18.7. The summed E-state index contributed by atoms with van der Waals surface area (Å²) in [5.41, 5.74) is 1.77. The van der Waals surface area contributed by atoms with Crippen LogP contribution in [0.25, 0.3) is 23.3 Å². The highest BCUT2D eigenvalue weighted by molar-refractivity contribution is 6.10. The Morgan fingerprint density at radius 3 is 1.85 bits per heavy atom. The van der Waals surface area contributed by atoms with E-state index in [1.54, 1.807) is 24.3 Å². The van der Waals surface area contributed by atoms with Gasteiger partial charge in [0.2, 0.25) is 0 Å². The molecule has 5 N–H and O–H groups in total. The molecular weight excluding hydrogens is 500 g/mol. The van der Waals surface area contributed by atoms with Gasteiger partial charge < -0.3 is 30.3 Å². The van der Waals surface area contributed by atoms with Gasteiger partial charge in [-0.15, -0.1) is 0 Å². The number of phenols is 5. The average molecular weight is 525 g/mol. The molecule has 0 spiro atoms. The third kappa shape index (κ3) is 6.08. The lowest BCUT2D eigenvalue weighted by molar-refractivity contribution is 0.103. The van der Waals surface area contributed by atoms with Gasteiger partial charge in [-0.1, -0.05) is 30.4 Å². The molecule has 196 valence electrons. The van der Waals surface area contributed by atoms with Crippen molar-refractivity contribution in [2.75, 3.05) is 7.11 Å². The topological polar surface area (TPSA) is 145 Å². The smallest absolute Gasteiger partial charge is 0.189 e. The van der Waals surface area contributed by atoms with Crippen molar-refractivity contribution in [3.63, 3.8) is 0 Å². The van der Waals surface area contributed by atoms with Crippen LogP contribution in [-0.2, 0) is 0 Å². The van der Waals surface area contributed by atoms with E-state index in [1.165, 1.54) is 73.9 Å². The Bertz CT molecular complexity index is 1610. The number of aromatic hydroxyl groups is 5. The second-order valence-corrected chi connectivity index (χ2v) is 8.53. The lowest BCUT2D eigenvalue weighted by atomic mass is 9.96. The molecule has 0 atom stereocenters. The Morgan fingerprint density at radius 1 is 0.590 bits per heavy atom. The standard InChI is InChI=1S/C31H24O8/c1-39-31-17-30(38)25(28(36)11-4-18-2-7-20(32)8-3-18)16-24(31)23-14-19(6-13-27(23)35)5-12-26(34)22-10-9-21(33)15-29(22)37/h2-17,32-33,35,37-38H,1H3/b11-4+,12-5+. The van der Waals surface area contributed by atoms with Crippen molar-refractivity contribution < 1.29 is 39.9 Å². The Kier molecular flexibility index (Phi) is 7.67. The van der Waals surface area contributed by atoms with Gasteiger partial charge in [-0.25, -0.2) is 0 Å². The molecule has 0 fully saturated rings. The molecule has 0 bridgehead atoms. The molecule has 0 radical (unpaired) electrons. The van der Waals surface area contributed by atoms with Gasteiger partial charge in [0.15, 0.2) is 11.6 Å². The summed E-state index contributed by atoms with van der Waals surface area (Å²) in [6.45, 7) is 0. The number of methoxy groups -OCH3 is 1. The number of rotatable bonds is 8. The van der Waals surface area contributed by atoms with Crippen LogP contribution in [-0.4, -0.2) is 44.2 Å². The van der Waals surface area contributed by atoms with Crippen LogP contribution in [0.15, 0.2) is 84.9 Å². The summed E-state index contributed by atoms with van der Waals surface area (Å²) >= 11 is 0. The molecule has 39 heavy (non-hydrogen) atoms. The van der Waals surface area contributed by atoms with E-state index in [-0.39, 0.29) is 51.2 Å². The van der Waals surface area contributed by atoms with Crippen molar-refractivity contribution in [1.82, 2.24) is 0 Å². The molecular formula is C31H24O8. The van der Waals surface area contributed by atoms with Crippen molar-refractivity contribution >= 4 is 23.7 Å². The van der Waals surface area contributed by atoms with E-state index in [9.17, 15) is 35.1 Å². The normalized spacial score (nSPS) is 11.2. The molecule has 8 nitrogen and oxygen atoms in total. The van der Waals surface area contributed by atoms with Gasteiger partial charge in [0.05, 0.1) is 18.2 Å². The van der Waals surface area contributed by atoms with E-state index in [2.05, 4.69) is 0 Å². The Morgan fingerprint density at radius 2 is 1.18 bits per heavy atom. The van der Waals surface area contributed by atoms with Crippen LogP contribution in [0, 0.1) is 0 Å². The van der Waals surface area contributed by atoms with E-state index >= 15 is 0 Å². The van der Waals surface area contributed by atoms with Crippen LogP contribution in [0.1, 0.15) is 31.8 Å². The van der Waals surface area contributed by atoms with Crippen LogP contribution in [0.3, 0.4) is 0 Å². The number of hydrogen-bond donors (Lipinski definition) is 5. The van der Waals surface area contributed by atoms with Crippen molar-refractivity contribution in [3.05, 3.63) is 107 Å². The minimum absolute atomic E-state index is 0.00627. The number of ether oxygens (including phenoxy) is 1. The van der Waals surface area contributed by atoms with Gasteiger partial charge in [-0.05, 0) is 65.7 Å². The fourth-order valence-electron chi connectivity index (χ4n) is 3.86. The lowest BCUT2D eigenvalue weighted by Crippen LogP contribution is -1.98. The van der Waals surface area contributed by atoms with Gasteiger partial charge in [-0.3, -0.25) is 9.59 Å². The van der Waals surface area contributed by atoms with Crippen molar-refractivity contribution in [3.8, 4) is 45.6 Å². The summed E-state index contributed by atoms with van der Waals surface area (Å²) in [5, 5.41) is 49.9. The third-order valence-electron chi connectivity index (χ3n) is 5.89. The largest absolute Gasteiger partial charge is 0.508 e. The van der Waals surface area contributed by atoms with Crippen LogP contribution >= 0.6 is 0 Å². The molecule has 0 aliphatic rings. The zero-order chi connectivity index (χ0) is 28.1. The lowest BCUT2D eigenvalue weighted by Gasteiger charge is -2.14. The van der Waals surface area contributed by atoms with E-state index < -0.39 is 11.6 Å². The summed E-state index contributed by atoms with van der Waals surface area (Å²) in [6.07, 6.45) is 5.54. The quantitative estimate of drug-likeness (QED) is 0.146. The van der Waals surface area contributed by atoms with Crippen LogP contribution in [0.4, 0.5) is 0 Å². The summed E-state index contributed by atoms with van der Waals surface area (Å²) in [4.78, 5) is 25.4. The first kappa shape index (κ1) is 26.6. The number of ketones is 2. The molecule has 4 rings (SSSR count). The Labute approximate surface area is 223 Å². The number of hydrogen-bond acceptors (Lipinski definition) is 8. The maximum atomic E-state index is 12.9. The summed E-state index contributed by atoms with van der Waals surface area (Å²) < 4.78 is 5.39. The van der Waals surface area contributed by atoms with Crippen molar-refractivity contribution in [2.45, 2.75) is 0 Å². The number of carbonyl (C=O) groups is 2. The van der Waals surface area contributed by atoms with Crippen LogP contribution in [0.2, 0.25) is 0 Å². The molecule has 0 aliphatic heterocycles. The molecule has 4 aromatic carbocycles. The maximum Gasteiger partial charge on any atom is 0.189 e. The van der Waals surface area contributed by atoms with Crippen molar-refractivity contribution in [2.24, 2.45) is 0 Å². The molecule has 0 amide bonds. The van der Waals surface area contributed by atoms with Gasteiger partial charge in [-0.2, -0.15) is 0 Å². The number of allylic oxidation sites excluding steroid dienone is 2. The van der Waals surface area contributed by atoms with E-state index in [1.807, 2.05) is 0 Å². The molecule has 0 unspecified atom stereocenters. The van der Waals surface area contributed by atoms with E-state index in [4.69, 9.17) is 4.74 Å². The number of carbonyl (C=O) groups excluding carboxylic acids is 2. The van der Waals surface area contributed by atoms with Crippen molar-refractivity contribution in [1.29, 1.82) is 0 Å². The zero-order valence-corrected chi connectivity index (χ0v) is 20.7. The van der Waals surface area contributed by atoms with Gasteiger partial charge in [0.1, 0.15) is 34.5 Å². The average Bonchev–Trinajstić information content (AvgIpc) is 2.92.